The number of nitrogens with one attached hydrogen (secondary N) is 1. The molecule has 0 bridgehead atoms. The lowest BCUT2D eigenvalue weighted by Crippen LogP contribution is -2.45. The second-order valence-corrected chi connectivity index (χ2v) is 8.89. The van der Waals surface area contributed by atoms with Gasteiger partial charge in [0.25, 0.3) is 10.0 Å². The van der Waals surface area contributed by atoms with E-state index >= 15 is 0 Å². The van der Waals surface area contributed by atoms with Gasteiger partial charge in [-0.2, -0.15) is 4.31 Å². The third-order valence-corrected chi connectivity index (χ3v) is 6.77. The Morgan fingerprint density at radius 3 is 2.90 bits per heavy atom. The highest BCUT2D eigenvalue weighted by atomic mass is 32.2. The molecule has 1 saturated heterocycles. The summed E-state index contributed by atoms with van der Waals surface area (Å²) in [6, 6.07) is 3.34. The van der Waals surface area contributed by atoms with Gasteiger partial charge < -0.3 is 5.32 Å². The summed E-state index contributed by atoms with van der Waals surface area (Å²) in [7, 11) is -3.44. The van der Waals surface area contributed by atoms with Gasteiger partial charge >= 0.3 is 0 Å². The van der Waals surface area contributed by atoms with Crippen LogP contribution in [-0.4, -0.2) is 38.3 Å². The normalized spacial score (nSPS) is 20.6. The Kier molecular flexibility index (Phi) is 5.40. The number of nitrogens with zero attached hydrogens (tertiary/aromatic N) is 1. The predicted molar refractivity (Wildman–Crippen MR) is 83.6 cm³/mol. The van der Waals surface area contributed by atoms with Gasteiger partial charge in [0.1, 0.15) is 4.21 Å². The molecule has 1 fully saturated rings. The molecule has 1 N–H and O–H groups in total. The molecule has 0 spiro atoms. The van der Waals surface area contributed by atoms with Crippen molar-refractivity contribution in [3.05, 3.63) is 17.5 Å². The van der Waals surface area contributed by atoms with E-state index in [2.05, 4.69) is 5.32 Å². The summed E-state index contributed by atoms with van der Waals surface area (Å²) < 4.78 is 26.8. The first-order valence-electron chi connectivity index (χ1n) is 7.22. The van der Waals surface area contributed by atoms with Crippen LogP contribution in [0.5, 0.6) is 0 Å². The average Bonchev–Trinajstić information content (AvgIpc) is 2.99. The van der Waals surface area contributed by atoms with Crippen LogP contribution in [0.25, 0.3) is 0 Å². The molecule has 2 heterocycles. The molecule has 0 aromatic carbocycles. The number of hydrogen-bond acceptors (Lipinski definition) is 4. The van der Waals surface area contributed by atoms with Crippen molar-refractivity contribution in [2.24, 2.45) is 11.8 Å². The van der Waals surface area contributed by atoms with Crippen LogP contribution in [0.3, 0.4) is 0 Å². The van der Waals surface area contributed by atoms with Crippen molar-refractivity contribution in [1.82, 2.24) is 9.62 Å². The highest BCUT2D eigenvalue weighted by molar-refractivity contribution is 7.91. The number of amides is 1. The maximum Gasteiger partial charge on any atom is 0.252 e. The lowest BCUT2D eigenvalue weighted by molar-refractivity contribution is -0.126. The van der Waals surface area contributed by atoms with Crippen LogP contribution in [0.4, 0.5) is 0 Å². The van der Waals surface area contributed by atoms with Crippen molar-refractivity contribution >= 4 is 27.3 Å². The van der Waals surface area contributed by atoms with Crippen molar-refractivity contribution in [1.29, 1.82) is 0 Å². The Bertz CT molecular complexity index is 567. The number of hydrogen-bond donors (Lipinski definition) is 1. The zero-order chi connectivity index (χ0) is 15.5. The van der Waals surface area contributed by atoms with Gasteiger partial charge in [-0.1, -0.05) is 19.9 Å². The quantitative estimate of drug-likeness (QED) is 0.897. The molecule has 0 saturated carbocycles. The Balaban J connectivity index is 2.02. The molecule has 1 aromatic heterocycles. The SMILES string of the molecule is CC(C)CNC(=O)[C@H]1CCCN(S(=O)(=O)c2cccs2)C1. The summed E-state index contributed by atoms with van der Waals surface area (Å²) >= 11 is 1.22. The summed E-state index contributed by atoms with van der Waals surface area (Å²) in [6.07, 6.45) is 1.48. The van der Waals surface area contributed by atoms with E-state index in [-0.39, 0.29) is 18.4 Å². The Morgan fingerprint density at radius 1 is 1.52 bits per heavy atom. The van der Waals surface area contributed by atoms with Crippen molar-refractivity contribution in [2.45, 2.75) is 30.9 Å². The highest BCUT2D eigenvalue weighted by Gasteiger charge is 2.33. The van der Waals surface area contributed by atoms with Crippen LogP contribution >= 0.6 is 11.3 Å². The lowest BCUT2D eigenvalue weighted by atomic mass is 9.98. The first-order chi connectivity index (χ1) is 9.91. The monoisotopic (exact) mass is 330 g/mol. The van der Waals surface area contributed by atoms with E-state index in [9.17, 15) is 13.2 Å². The van der Waals surface area contributed by atoms with E-state index in [0.717, 1.165) is 12.8 Å². The standard InChI is InChI=1S/C14H22N2O3S2/c1-11(2)9-15-14(17)12-5-3-7-16(10-12)21(18,19)13-6-4-8-20-13/h4,6,8,11-12H,3,5,7,9-10H2,1-2H3,(H,15,17)/t12-/m0/s1. The van der Waals surface area contributed by atoms with Gasteiger partial charge in [-0.05, 0) is 30.2 Å². The van der Waals surface area contributed by atoms with Crippen LogP contribution in [0.15, 0.2) is 21.7 Å². The predicted octanol–water partition coefficient (Wildman–Crippen LogP) is 1.92. The van der Waals surface area contributed by atoms with Gasteiger partial charge in [-0.25, -0.2) is 8.42 Å². The summed E-state index contributed by atoms with van der Waals surface area (Å²) in [5.41, 5.74) is 0. The minimum Gasteiger partial charge on any atom is -0.356 e. The number of carbonyl (C=O) groups excluding carboxylic acids is 1. The summed E-state index contributed by atoms with van der Waals surface area (Å²) in [5.74, 6) is 0.116. The van der Waals surface area contributed by atoms with Gasteiger partial charge in [0.05, 0.1) is 5.92 Å². The summed E-state index contributed by atoms with van der Waals surface area (Å²) in [6.45, 7) is 5.48. The molecule has 0 radical (unpaired) electrons. The first-order valence-corrected chi connectivity index (χ1v) is 9.54. The van der Waals surface area contributed by atoms with Crippen molar-refractivity contribution < 1.29 is 13.2 Å². The second-order valence-electron chi connectivity index (χ2n) is 5.77. The molecule has 1 aliphatic heterocycles. The molecule has 7 heteroatoms. The number of thiophene rings is 1. The molecular formula is C14H22N2O3S2. The first kappa shape index (κ1) is 16.5. The van der Waals surface area contributed by atoms with Gasteiger partial charge in [-0.15, -0.1) is 11.3 Å². The molecule has 5 nitrogen and oxygen atoms in total. The third kappa shape index (κ3) is 4.05. The molecule has 0 aliphatic carbocycles. The molecule has 1 amide bonds. The molecule has 1 atom stereocenters. The smallest absolute Gasteiger partial charge is 0.252 e. The van der Waals surface area contributed by atoms with Gasteiger partial charge in [-0.3, -0.25) is 4.79 Å². The topological polar surface area (TPSA) is 66.5 Å². The maximum atomic E-state index is 12.5. The number of piperidine rings is 1. The fraction of sp³-hybridized carbons (Fsp3) is 0.643. The fourth-order valence-electron chi connectivity index (χ4n) is 2.36. The lowest BCUT2D eigenvalue weighted by Gasteiger charge is -2.30. The van der Waals surface area contributed by atoms with E-state index in [1.807, 2.05) is 13.8 Å². The molecular weight excluding hydrogens is 308 g/mol. The van der Waals surface area contributed by atoms with E-state index in [1.165, 1.54) is 15.6 Å². The fourth-order valence-corrected chi connectivity index (χ4v) is 5.03. The van der Waals surface area contributed by atoms with E-state index in [0.29, 0.717) is 23.2 Å². The molecule has 21 heavy (non-hydrogen) atoms. The Morgan fingerprint density at radius 2 is 2.29 bits per heavy atom. The molecule has 2 rings (SSSR count). The highest BCUT2D eigenvalue weighted by Crippen LogP contribution is 2.26. The van der Waals surface area contributed by atoms with Crippen molar-refractivity contribution in [3.8, 4) is 0 Å². The van der Waals surface area contributed by atoms with E-state index < -0.39 is 10.0 Å². The van der Waals surface area contributed by atoms with Crippen LogP contribution in [-0.2, 0) is 14.8 Å². The molecule has 1 aliphatic rings. The van der Waals surface area contributed by atoms with Gasteiger partial charge in [0.15, 0.2) is 0 Å². The second kappa shape index (κ2) is 6.89. The van der Waals surface area contributed by atoms with Crippen LogP contribution in [0.2, 0.25) is 0 Å². The van der Waals surface area contributed by atoms with Crippen molar-refractivity contribution in [3.63, 3.8) is 0 Å². The van der Waals surface area contributed by atoms with Crippen molar-refractivity contribution in [2.75, 3.05) is 19.6 Å². The summed E-state index contributed by atoms with van der Waals surface area (Å²) in [4.78, 5) is 12.1. The number of rotatable bonds is 5. The third-order valence-electron chi connectivity index (χ3n) is 3.53. The van der Waals surface area contributed by atoms with E-state index in [1.54, 1.807) is 17.5 Å². The number of sulfonamides is 1. The minimum absolute atomic E-state index is 0.0326. The van der Waals surface area contributed by atoms with Crippen LogP contribution < -0.4 is 5.32 Å². The summed E-state index contributed by atoms with van der Waals surface area (Å²) in [5, 5.41) is 4.65. The van der Waals surface area contributed by atoms with E-state index in [4.69, 9.17) is 0 Å². The Hall–Kier alpha value is -0.920. The largest absolute Gasteiger partial charge is 0.356 e. The molecule has 118 valence electrons. The zero-order valence-corrected chi connectivity index (χ0v) is 14.0. The number of carbonyl (C=O) groups is 1. The molecule has 1 aromatic rings. The Labute approximate surface area is 130 Å². The van der Waals surface area contributed by atoms with Crippen LogP contribution in [0, 0.1) is 11.8 Å². The minimum atomic E-state index is -3.44. The average molecular weight is 330 g/mol. The van der Waals surface area contributed by atoms with Gasteiger partial charge in [0.2, 0.25) is 5.91 Å². The van der Waals surface area contributed by atoms with Gasteiger partial charge in [0, 0.05) is 19.6 Å². The zero-order valence-electron chi connectivity index (χ0n) is 12.4. The van der Waals surface area contributed by atoms with Crippen LogP contribution in [0.1, 0.15) is 26.7 Å². The molecule has 0 unspecified atom stereocenters. The maximum absolute atomic E-state index is 12.5.